The number of amides is 2. The summed E-state index contributed by atoms with van der Waals surface area (Å²) in [5, 5.41) is 74.7. The summed E-state index contributed by atoms with van der Waals surface area (Å²) in [6.45, 7) is -1.98. The largest absolute Gasteiger partial charge is 0.394 e. The van der Waals surface area contributed by atoms with Gasteiger partial charge in [-0.3, -0.25) is 4.90 Å². The topological polar surface area (TPSA) is 222 Å². The minimum Gasteiger partial charge on any atom is -0.394 e. The molecule has 2 saturated heterocycles. The number of aliphatic hydroxyl groups excluding tert-OH is 7. The average Bonchev–Trinajstić information content (AvgIpc) is 2.93. The molecule has 0 radical (unpaired) electrons. The van der Waals surface area contributed by atoms with Crippen molar-refractivity contribution in [3.8, 4) is 0 Å². The summed E-state index contributed by atoms with van der Waals surface area (Å²) in [5.41, 5.74) is 0.572. The van der Waals surface area contributed by atoms with Crippen molar-refractivity contribution in [3.05, 3.63) is 40.8 Å². The van der Waals surface area contributed by atoms with Gasteiger partial charge in [0, 0.05) is 5.88 Å². The standard InChI is InChI=1S/C22H32ClN3O12/c23-6-7-26(24-35)22(34)25(8-11-4-2-1-3-5-11)20-17(32)16(31)19(13(10-28)36-20)38-21-18(33)15(30)14(29)12(9-27)37-21/h1-5,12-21,27-33H,6-10H2/t12-,13-,14-,15+,16-,17-,18-,19-,20?,21-/m1/s1. The van der Waals surface area contributed by atoms with Crippen molar-refractivity contribution in [2.45, 2.75) is 67.9 Å². The molecule has 214 valence electrons. The summed E-state index contributed by atoms with van der Waals surface area (Å²) in [6, 6.07) is 7.47. The number of urea groups is 1. The molecule has 1 aromatic carbocycles. The molecule has 0 aromatic heterocycles. The van der Waals surface area contributed by atoms with Crippen LogP contribution < -0.4 is 0 Å². The van der Waals surface area contributed by atoms with Crippen molar-refractivity contribution in [3.63, 3.8) is 0 Å². The van der Waals surface area contributed by atoms with E-state index < -0.39 is 80.6 Å². The zero-order chi connectivity index (χ0) is 28.0. The van der Waals surface area contributed by atoms with E-state index in [9.17, 15) is 45.4 Å². The Hall–Kier alpha value is -2.02. The van der Waals surface area contributed by atoms with Crippen LogP contribution in [0.3, 0.4) is 0 Å². The summed E-state index contributed by atoms with van der Waals surface area (Å²) in [4.78, 5) is 25.4. The van der Waals surface area contributed by atoms with Gasteiger partial charge in [-0.05, 0) is 5.56 Å². The number of benzene rings is 1. The lowest BCUT2D eigenvalue weighted by Gasteiger charge is -2.48. The molecule has 3 rings (SSSR count). The van der Waals surface area contributed by atoms with Crippen molar-refractivity contribution in [2.24, 2.45) is 5.29 Å². The Morgan fingerprint density at radius 1 is 0.921 bits per heavy atom. The van der Waals surface area contributed by atoms with Crippen molar-refractivity contribution >= 4 is 17.6 Å². The number of nitrogens with zero attached hydrogens (tertiary/aromatic N) is 3. The van der Waals surface area contributed by atoms with Crippen LogP contribution in [0, 0.1) is 4.91 Å². The van der Waals surface area contributed by atoms with Gasteiger partial charge in [0.1, 0.15) is 48.8 Å². The second kappa shape index (κ2) is 13.9. The Morgan fingerprint density at radius 3 is 2.16 bits per heavy atom. The summed E-state index contributed by atoms with van der Waals surface area (Å²) in [5.74, 6) is -0.123. The second-order valence-corrected chi connectivity index (χ2v) is 9.19. The third kappa shape index (κ3) is 6.57. The Kier molecular flexibility index (Phi) is 11.1. The molecule has 2 amide bonds. The number of rotatable bonds is 10. The number of hydrogen-bond acceptors (Lipinski definition) is 13. The van der Waals surface area contributed by atoms with E-state index in [0.717, 1.165) is 4.90 Å². The smallest absolute Gasteiger partial charge is 0.345 e. The van der Waals surface area contributed by atoms with E-state index in [4.69, 9.17) is 25.8 Å². The minimum atomic E-state index is -1.87. The van der Waals surface area contributed by atoms with Crippen LogP contribution in [0.1, 0.15) is 5.56 Å². The second-order valence-electron chi connectivity index (χ2n) is 8.82. The molecular weight excluding hydrogens is 534 g/mol. The van der Waals surface area contributed by atoms with Crippen LogP contribution in [0.5, 0.6) is 0 Å². The molecule has 38 heavy (non-hydrogen) atoms. The van der Waals surface area contributed by atoms with E-state index >= 15 is 0 Å². The Balaban J connectivity index is 1.86. The molecule has 2 aliphatic heterocycles. The number of alkyl halides is 1. The highest BCUT2D eigenvalue weighted by atomic mass is 35.5. The van der Waals surface area contributed by atoms with E-state index in [1.807, 2.05) is 0 Å². The maximum Gasteiger partial charge on any atom is 0.345 e. The summed E-state index contributed by atoms with van der Waals surface area (Å²) in [6.07, 6.45) is -16.6. The van der Waals surface area contributed by atoms with E-state index in [-0.39, 0.29) is 19.0 Å². The van der Waals surface area contributed by atoms with Crippen LogP contribution in [0.25, 0.3) is 0 Å². The average molecular weight is 566 g/mol. The molecule has 1 unspecified atom stereocenters. The monoisotopic (exact) mass is 565 g/mol. The van der Waals surface area contributed by atoms with E-state index in [2.05, 4.69) is 5.29 Å². The van der Waals surface area contributed by atoms with Crippen LogP contribution in [0.4, 0.5) is 4.79 Å². The van der Waals surface area contributed by atoms with Gasteiger partial charge in [0.15, 0.2) is 12.5 Å². The highest BCUT2D eigenvalue weighted by Gasteiger charge is 2.52. The van der Waals surface area contributed by atoms with Crippen LogP contribution in [-0.4, -0.2) is 139 Å². The number of nitroso groups, excluding NO2 is 1. The molecular formula is C22H32ClN3O12. The van der Waals surface area contributed by atoms with Crippen LogP contribution in [0.2, 0.25) is 0 Å². The first-order valence-electron chi connectivity index (χ1n) is 11.8. The Morgan fingerprint density at radius 2 is 1.58 bits per heavy atom. The van der Waals surface area contributed by atoms with Gasteiger partial charge in [0.05, 0.1) is 31.6 Å². The Bertz CT molecular complexity index is 900. The number of ether oxygens (including phenoxy) is 3. The maximum absolute atomic E-state index is 13.2. The van der Waals surface area contributed by atoms with E-state index in [0.29, 0.717) is 10.6 Å². The quantitative estimate of drug-likeness (QED) is 0.0885. The van der Waals surface area contributed by atoms with E-state index in [1.54, 1.807) is 30.3 Å². The van der Waals surface area contributed by atoms with Crippen LogP contribution in [0.15, 0.2) is 35.6 Å². The third-order valence-corrected chi connectivity index (χ3v) is 6.51. The lowest BCUT2D eigenvalue weighted by atomic mass is 9.96. The van der Waals surface area contributed by atoms with Gasteiger partial charge in [-0.1, -0.05) is 30.3 Å². The molecule has 0 bridgehead atoms. The van der Waals surface area contributed by atoms with Crippen molar-refractivity contribution < 1.29 is 54.8 Å². The zero-order valence-corrected chi connectivity index (χ0v) is 20.8. The number of carbonyl (C=O) groups is 1. The van der Waals surface area contributed by atoms with Gasteiger partial charge < -0.3 is 50.0 Å². The summed E-state index contributed by atoms with van der Waals surface area (Å²) < 4.78 is 16.6. The molecule has 7 N–H and O–H groups in total. The molecule has 1 aromatic rings. The lowest BCUT2D eigenvalue weighted by Crippen LogP contribution is -2.67. The predicted octanol–water partition coefficient (Wildman–Crippen LogP) is -2.55. The van der Waals surface area contributed by atoms with Gasteiger partial charge in [-0.15, -0.1) is 16.5 Å². The zero-order valence-electron chi connectivity index (χ0n) is 20.1. The van der Waals surface area contributed by atoms with Gasteiger partial charge >= 0.3 is 6.03 Å². The number of halogens is 1. The summed E-state index contributed by atoms with van der Waals surface area (Å²) >= 11 is 5.67. The fraction of sp³-hybridized carbons (Fsp3) is 0.682. The SMILES string of the molecule is O=NN(CCCl)C(=O)N(Cc1ccccc1)C1O[C@H](CO)[C@@H](O[C@H]2O[C@H](CO)[C@@H](O)[C@H](O)[C@H]2O)[C@H](O)[C@H]1O. The van der Waals surface area contributed by atoms with Gasteiger partial charge in [0.25, 0.3) is 0 Å². The third-order valence-electron chi connectivity index (χ3n) is 6.34. The molecule has 16 heteroatoms. The Labute approximate surface area is 222 Å². The molecule has 15 nitrogen and oxygen atoms in total. The van der Waals surface area contributed by atoms with E-state index in [1.165, 1.54) is 0 Å². The first kappa shape index (κ1) is 30.5. The molecule has 2 fully saturated rings. The first-order chi connectivity index (χ1) is 18.2. The number of aliphatic hydroxyl groups is 7. The van der Waals surface area contributed by atoms with Gasteiger partial charge in [-0.25, -0.2) is 4.79 Å². The first-order valence-corrected chi connectivity index (χ1v) is 12.3. The van der Waals surface area contributed by atoms with Crippen molar-refractivity contribution in [2.75, 3.05) is 25.6 Å². The highest BCUT2D eigenvalue weighted by Crippen LogP contribution is 2.31. The summed E-state index contributed by atoms with van der Waals surface area (Å²) in [7, 11) is 0. The predicted molar refractivity (Wildman–Crippen MR) is 127 cm³/mol. The molecule has 0 aliphatic carbocycles. The van der Waals surface area contributed by atoms with Crippen LogP contribution in [-0.2, 0) is 20.8 Å². The molecule has 0 spiro atoms. The normalized spacial score (nSPS) is 35.5. The van der Waals surface area contributed by atoms with Gasteiger partial charge in [0.2, 0.25) is 0 Å². The molecule has 2 aliphatic rings. The van der Waals surface area contributed by atoms with Gasteiger partial charge in [-0.2, -0.15) is 5.01 Å². The number of hydrogen-bond donors (Lipinski definition) is 7. The van der Waals surface area contributed by atoms with Crippen molar-refractivity contribution in [1.82, 2.24) is 9.91 Å². The fourth-order valence-corrected chi connectivity index (χ4v) is 4.43. The maximum atomic E-state index is 13.2. The minimum absolute atomic E-state index is 0.123. The highest BCUT2D eigenvalue weighted by molar-refractivity contribution is 6.18. The molecule has 10 atom stereocenters. The van der Waals surface area contributed by atoms with Crippen LogP contribution >= 0.6 is 11.6 Å². The van der Waals surface area contributed by atoms with Crippen molar-refractivity contribution in [1.29, 1.82) is 0 Å². The fourth-order valence-electron chi connectivity index (χ4n) is 4.27. The lowest BCUT2D eigenvalue weighted by molar-refractivity contribution is -0.347. The molecule has 0 saturated carbocycles. The number of carbonyl (C=O) groups excluding carboxylic acids is 1. The molecule has 2 heterocycles.